The van der Waals surface area contributed by atoms with Crippen molar-refractivity contribution in [2.75, 3.05) is 5.75 Å². The number of carbonyl (C=O) groups excluding carboxylic acids is 4. The van der Waals surface area contributed by atoms with Gasteiger partial charge < -0.3 is 20.5 Å². The van der Waals surface area contributed by atoms with E-state index < -0.39 is 24.0 Å². The zero-order valence-electron chi connectivity index (χ0n) is 16.2. The molecule has 1 heterocycles. The Kier molecular flexibility index (Phi) is 14.6. The van der Waals surface area contributed by atoms with Gasteiger partial charge in [0.15, 0.2) is 5.78 Å². The van der Waals surface area contributed by atoms with Gasteiger partial charge in [-0.3, -0.25) is 14.4 Å². The molecule has 0 unspecified atom stereocenters. The minimum atomic E-state index is -1.29. The van der Waals surface area contributed by atoms with E-state index in [0.29, 0.717) is 11.7 Å². The normalized spacial score (nSPS) is 18.1. The van der Waals surface area contributed by atoms with Gasteiger partial charge in [0.05, 0.1) is 6.04 Å². The first-order valence-corrected chi connectivity index (χ1v) is 11.3. The van der Waals surface area contributed by atoms with Gasteiger partial charge in [0, 0.05) is 23.4 Å². The Morgan fingerprint density at radius 3 is 2.41 bits per heavy atom. The fraction of sp³-hybridized carbons (Fsp3) is 0.765. The van der Waals surface area contributed by atoms with Crippen LogP contribution in [0.4, 0.5) is 0 Å². The summed E-state index contributed by atoms with van der Waals surface area (Å²) in [6.45, 7) is 2.89. The monoisotopic (exact) mass is 426 g/mol. The van der Waals surface area contributed by atoms with E-state index in [-0.39, 0.29) is 54.1 Å². The van der Waals surface area contributed by atoms with Crippen LogP contribution in [-0.4, -0.2) is 46.7 Å². The first-order valence-electron chi connectivity index (χ1n) is 8.88. The summed E-state index contributed by atoms with van der Waals surface area (Å²) < 4.78 is 0. The van der Waals surface area contributed by atoms with Crippen LogP contribution < -0.4 is 45.3 Å². The van der Waals surface area contributed by atoms with Crippen molar-refractivity contribution in [3.63, 3.8) is 0 Å². The molecule has 148 valence electrons. The topological polar surface area (TPSA) is 115 Å². The average molecular weight is 427 g/mol. The number of carboxylic acids is 1. The maximum Gasteiger partial charge on any atom is 1.00 e. The van der Waals surface area contributed by atoms with Crippen LogP contribution in [-0.2, 0) is 19.2 Å². The van der Waals surface area contributed by atoms with E-state index in [4.69, 9.17) is 0 Å². The number of hydrogen-bond acceptors (Lipinski definition) is 7. The third-order valence-corrected chi connectivity index (χ3v) is 7.17. The second-order valence-electron chi connectivity index (χ2n) is 6.45. The molecule has 27 heavy (non-hydrogen) atoms. The molecule has 0 aromatic rings. The minimum Gasteiger partial charge on any atom is -0.550 e. The Bertz CT molecular complexity index is 516. The van der Waals surface area contributed by atoms with E-state index in [9.17, 15) is 24.3 Å². The largest absolute Gasteiger partial charge is 1.00 e. The van der Waals surface area contributed by atoms with Crippen LogP contribution in [0.2, 0.25) is 0 Å². The molecule has 0 aromatic heterocycles. The average Bonchev–Trinajstić information content (AvgIpc) is 3.08. The molecule has 7 nitrogen and oxygen atoms in total. The maximum atomic E-state index is 12.2. The number of carboxylic acid groups (broad SMARTS) is 1. The summed E-state index contributed by atoms with van der Waals surface area (Å²) in [5.74, 6) is -1.16. The Morgan fingerprint density at radius 2 is 1.85 bits per heavy atom. The Morgan fingerprint density at radius 1 is 1.15 bits per heavy atom. The molecule has 2 amide bonds. The van der Waals surface area contributed by atoms with E-state index in [2.05, 4.69) is 10.6 Å². The summed E-state index contributed by atoms with van der Waals surface area (Å²) >= 11 is 0. The molecule has 1 aliphatic rings. The summed E-state index contributed by atoms with van der Waals surface area (Å²) in [6, 6.07) is -1.67. The number of unbranched alkanes of at least 4 members (excludes halogenated alkanes) is 1. The molecule has 1 aliphatic heterocycles. The number of amides is 2. The molecule has 1 fully saturated rings. The van der Waals surface area contributed by atoms with Gasteiger partial charge in [-0.05, 0) is 46.0 Å². The standard InChI is InChI=1S/C17H28N2O5S2.Na/c1-11(12(2)20)18-17(24)14(7-8-16(22)23)19-15(21)6-4-3-5-13-9-10-25-26-13;/h11,13-14H,3-10H2,1-2H3,(H,18,24)(H,19,21)(H,22,23);/q;+1/p-1/t11-,13+,14-;/m0./s1. The third kappa shape index (κ3) is 12.1. The first kappa shape index (κ1) is 26.8. The molecule has 0 radical (unpaired) electrons. The van der Waals surface area contributed by atoms with Gasteiger partial charge in [-0.1, -0.05) is 28.0 Å². The van der Waals surface area contributed by atoms with Crippen LogP contribution in [0.1, 0.15) is 58.8 Å². The Balaban J connectivity index is 0.00000676. The molecule has 0 aliphatic carbocycles. The number of ketones is 1. The molecule has 1 rings (SSSR count). The van der Waals surface area contributed by atoms with E-state index in [1.165, 1.54) is 26.0 Å². The van der Waals surface area contributed by atoms with Gasteiger partial charge in [-0.15, -0.1) is 0 Å². The molecule has 0 bridgehead atoms. The zero-order chi connectivity index (χ0) is 19.5. The van der Waals surface area contributed by atoms with E-state index in [1.807, 2.05) is 21.6 Å². The molecule has 10 heteroatoms. The fourth-order valence-electron chi connectivity index (χ4n) is 2.44. The Hall–Kier alpha value is -0.220. The number of Topliss-reactive ketones (excluding diaryl/α,β-unsaturated/α-hetero) is 1. The van der Waals surface area contributed by atoms with E-state index in [0.717, 1.165) is 19.3 Å². The summed E-state index contributed by atoms with van der Waals surface area (Å²) in [5.41, 5.74) is 0. The zero-order valence-corrected chi connectivity index (χ0v) is 19.9. The van der Waals surface area contributed by atoms with Crippen molar-refractivity contribution < 1.29 is 53.8 Å². The Labute approximate surface area is 190 Å². The maximum absolute atomic E-state index is 12.2. The van der Waals surface area contributed by atoms with Crippen LogP contribution in [0.5, 0.6) is 0 Å². The second kappa shape index (κ2) is 14.7. The molecule has 2 N–H and O–H groups in total. The summed E-state index contributed by atoms with van der Waals surface area (Å²) in [7, 11) is 3.80. The molecule has 3 atom stereocenters. The molecular formula is C17H27N2NaO5S2. The molecule has 1 saturated heterocycles. The van der Waals surface area contributed by atoms with Crippen molar-refractivity contribution in [2.45, 2.75) is 76.1 Å². The predicted octanol–water partition coefficient (Wildman–Crippen LogP) is -2.19. The van der Waals surface area contributed by atoms with Crippen LogP contribution in [0, 0.1) is 0 Å². The number of aliphatic carboxylic acids is 1. The molecule has 0 spiro atoms. The number of carbonyl (C=O) groups is 4. The van der Waals surface area contributed by atoms with Gasteiger partial charge in [-0.25, -0.2) is 0 Å². The van der Waals surface area contributed by atoms with Crippen LogP contribution >= 0.6 is 21.6 Å². The summed E-state index contributed by atoms with van der Waals surface area (Å²) in [4.78, 5) is 46.2. The second-order valence-corrected chi connectivity index (χ2v) is 9.23. The summed E-state index contributed by atoms with van der Waals surface area (Å²) in [6.07, 6.45) is 3.85. The number of nitrogens with one attached hydrogen (secondary N) is 2. The van der Waals surface area contributed by atoms with Crippen molar-refractivity contribution in [3.05, 3.63) is 0 Å². The van der Waals surface area contributed by atoms with Crippen molar-refractivity contribution in [1.82, 2.24) is 10.6 Å². The van der Waals surface area contributed by atoms with Crippen LogP contribution in [0.15, 0.2) is 0 Å². The molecule has 0 saturated carbocycles. The van der Waals surface area contributed by atoms with Gasteiger partial charge >= 0.3 is 29.6 Å². The van der Waals surface area contributed by atoms with Crippen molar-refractivity contribution in [3.8, 4) is 0 Å². The predicted molar refractivity (Wildman–Crippen MR) is 101 cm³/mol. The van der Waals surface area contributed by atoms with E-state index >= 15 is 0 Å². The van der Waals surface area contributed by atoms with Crippen LogP contribution in [0.25, 0.3) is 0 Å². The van der Waals surface area contributed by atoms with Crippen molar-refractivity contribution >= 4 is 45.2 Å². The molecular weight excluding hydrogens is 399 g/mol. The van der Waals surface area contributed by atoms with E-state index in [1.54, 1.807) is 0 Å². The van der Waals surface area contributed by atoms with Crippen molar-refractivity contribution in [1.29, 1.82) is 0 Å². The summed E-state index contributed by atoms with van der Waals surface area (Å²) in [5, 5.41) is 16.4. The first-order chi connectivity index (χ1) is 12.3. The third-order valence-electron chi connectivity index (χ3n) is 4.16. The van der Waals surface area contributed by atoms with Gasteiger partial charge in [-0.2, -0.15) is 0 Å². The van der Waals surface area contributed by atoms with Crippen molar-refractivity contribution in [2.24, 2.45) is 0 Å². The molecule has 0 aromatic carbocycles. The SMILES string of the molecule is CC(=O)[C@H](C)NC(=O)[C@H](CCC(=O)[O-])NC(=O)CCCC[C@@H]1CCSS1.[Na+]. The van der Waals surface area contributed by atoms with Gasteiger partial charge in [0.25, 0.3) is 0 Å². The smallest absolute Gasteiger partial charge is 0.550 e. The number of hydrogen-bond donors (Lipinski definition) is 2. The minimum absolute atomic E-state index is 0. The fourth-order valence-corrected chi connectivity index (χ4v) is 5.46. The van der Waals surface area contributed by atoms with Gasteiger partial charge in [0.2, 0.25) is 11.8 Å². The van der Waals surface area contributed by atoms with Gasteiger partial charge in [0.1, 0.15) is 6.04 Å². The quantitative estimate of drug-likeness (QED) is 0.207. The van der Waals surface area contributed by atoms with Crippen LogP contribution in [0.3, 0.4) is 0 Å². The number of rotatable bonds is 12.